The number of nitrogens with one attached hydrogen (secondary N) is 2. The Morgan fingerprint density at radius 2 is 1.85 bits per heavy atom. The number of anilines is 2. The van der Waals surface area contributed by atoms with Crippen molar-refractivity contribution in [3.05, 3.63) is 90.3 Å². The van der Waals surface area contributed by atoms with Crippen LogP contribution in [0.3, 0.4) is 0 Å². The molecule has 3 aromatic heterocycles. The number of carbonyl (C=O) groups excluding carboxylic acids is 1. The third kappa shape index (κ3) is 4.89. The van der Waals surface area contributed by atoms with Gasteiger partial charge in [0.25, 0.3) is 5.91 Å². The van der Waals surface area contributed by atoms with Gasteiger partial charge in [0, 0.05) is 24.4 Å². The molecule has 1 saturated carbocycles. The molecule has 0 bridgehead atoms. The van der Waals surface area contributed by atoms with E-state index in [0.29, 0.717) is 22.4 Å². The highest BCUT2D eigenvalue weighted by molar-refractivity contribution is 8.01. The van der Waals surface area contributed by atoms with E-state index in [1.54, 1.807) is 18.5 Å². The molecule has 1 fully saturated rings. The quantitative estimate of drug-likeness (QED) is 0.352. The van der Waals surface area contributed by atoms with Gasteiger partial charge in [-0.05, 0) is 36.6 Å². The number of thiazole rings is 1. The SMILES string of the molecule is O=C(NCC1(c2ccccc2)CC1)c1nccc(Sc2cnc(Nc3ccccn3)s2)c1F. The van der Waals surface area contributed by atoms with Crippen molar-refractivity contribution < 1.29 is 9.18 Å². The van der Waals surface area contributed by atoms with E-state index >= 15 is 4.39 Å². The van der Waals surface area contributed by atoms with Crippen molar-refractivity contribution in [3.8, 4) is 0 Å². The fourth-order valence-electron chi connectivity index (χ4n) is 3.53. The van der Waals surface area contributed by atoms with Gasteiger partial charge < -0.3 is 10.6 Å². The van der Waals surface area contributed by atoms with Gasteiger partial charge in [-0.25, -0.2) is 19.3 Å². The maximum absolute atomic E-state index is 15.1. The average Bonchev–Trinajstić information content (AvgIpc) is 3.53. The average molecular weight is 478 g/mol. The number of hydrogen-bond donors (Lipinski definition) is 2. The van der Waals surface area contributed by atoms with Gasteiger partial charge in [-0.15, -0.1) is 0 Å². The molecule has 166 valence electrons. The lowest BCUT2D eigenvalue weighted by Crippen LogP contribution is -2.33. The van der Waals surface area contributed by atoms with Gasteiger partial charge in [-0.2, -0.15) is 0 Å². The van der Waals surface area contributed by atoms with E-state index in [0.717, 1.165) is 17.1 Å². The summed E-state index contributed by atoms with van der Waals surface area (Å²) in [6, 6.07) is 17.2. The molecule has 1 aliphatic rings. The lowest BCUT2D eigenvalue weighted by atomic mass is 9.96. The Bertz CT molecular complexity index is 1260. The monoisotopic (exact) mass is 477 g/mol. The largest absolute Gasteiger partial charge is 0.350 e. The van der Waals surface area contributed by atoms with Crippen molar-refractivity contribution in [2.24, 2.45) is 0 Å². The fourth-order valence-corrected chi connectivity index (χ4v) is 5.39. The molecule has 2 N–H and O–H groups in total. The van der Waals surface area contributed by atoms with Crippen LogP contribution < -0.4 is 10.6 Å². The van der Waals surface area contributed by atoms with Crippen LogP contribution in [0.1, 0.15) is 28.9 Å². The van der Waals surface area contributed by atoms with Crippen molar-refractivity contribution in [3.63, 3.8) is 0 Å². The number of aromatic nitrogens is 3. The third-order valence-corrected chi connectivity index (χ3v) is 7.54. The van der Waals surface area contributed by atoms with E-state index in [9.17, 15) is 4.79 Å². The zero-order valence-corrected chi connectivity index (χ0v) is 19.1. The molecule has 1 aromatic carbocycles. The Hall–Kier alpha value is -3.30. The van der Waals surface area contributed by atoms with Gasteiger partial charge in [0.2, 0.25) is 0 Å². The zero-order valence-electron chi connectivity index (χ0n) is 17.5. The molecule has 33 heavy (non-hydrogen) atoms. The summed E-state index contributed by atoms with van der Waals surface area (Å²) in [5.41, 5.74) is 0.947. The lowest BCUT2D eigenvalue weighted by molar-refractivity contribution is 0.0939. The molecule has 4 aromatic rings. The van der Waals surface area contributed by atoms with Crippen molar-refractivity contribution >= 4 is 40.0 Å². The number of carbonyl (C=O) groups is 1. The first kappa shape index (κ1) is 21.5. The second kappa shape index (κ2) is 9.29. The maximum atomic E-state index is 15.1. The lowest BCUT2D eigenvalue weighted by Gasteiger charge is -2.16. The minimum Gasteiger partial charge on any atom is -0.350 e. The highest BCUT2D eigenvalue weighted by Crippen LogP contribution is 2.47. The highest BCUT2D eigenvalue weighted by Gasteiger charge is 2.44. The summed E-state index contributed by atoms with van der Waals surface area (Å²) in [7, 11) is 0. The van der Waals surface area contributed by atoms with Crippen LogP contribution in [0, 0.1) is 5.82 Å². The normalized spacial score (nSPS) is 14.0. The Morgan fingerprint density at radius 1 is 1.03 bits per heavy atom. The van der Waals surface area contributed by atoms with E-state index in [1.807, 2.05) is 36.4 Å². The number of rotatable bonds is 8. The van der Waals surface area contributed by atoms with Gasteiger partial charge in [-0.3, -0.25) is 4.79 Å². The third-order valence-electron chi connectivity index (χ3n) is 5.49. The van der Waals surface area contributed by atoms with E-state index in [1.165, 1.54) is 34.9 Å². The highest BCUT2D eigenvalue weighted by atomic mass is 32.2. The van der Waals surface area contributed by atoms with Crippen molar-refractivity contribution in [2.75, 3.05) is 11.9 Å². The summed E-state index contributed by atoms with van der Waals surface area (Å²) in [5, 5.41) is 6.66. The van der Waals surface area contributed by atoms with Crippen molar-refractivity contribution in [1.82, 2.24) is 20.3 Å². The van der Waals surface area contributed by atoms with Gasteiger partial charge in [0.15, 0.2) is 16.6 Å². The Morgan fingerprint density at radius 3 is 2.61 bits per heavy atom. The molecule has 0 saturated heterocycles. The molecule has 0 aliphatic heterocycles. The topological polar surface area (TPSA) is 79.8 Å². The van der Waals surface area contributed by atoms with Crippen LogP contribution in [0.5, 0.6) is 0 Å². The van der Waals surface area contributed by atoms with Crippen molar-refractivity contribution in [2.45, 2.75) is 27.4 Å². The molecule has 0 radical (unpaired) electrons. The summed E-state index contributed by atoms with van der Waals surface area (Å²) in [6.07, 6.45) is 6.82. The molecular weight excluding hydrogens is 457 g/mol. The van der Waals surface area contributed by atoms with E-state index in [-0.39, 0.29) is 11.1 Å². The van der Waals surface area contributed by atoms with E-state index < -0.39 is 11.7 Å². The fraction of sp³-hybridized carbons (Fsp3) is 0.167. The van der Waals surface area contributed by atoms with Crippen LogP contribution >= 0.6 is 23.1 Å². The predicted octanol–water partition coefficient (Wildman–Crippen LogP) is 5.43. The minimum absolute atomic E-state index is 0.0561. The first-order valence-corrected chi connectivity index (χ1v) is 12.1. The summed E-state index contributed by atoms with van der Waals surface area (Å²) in [6.45, 7) is 0.464. The first-order chi connectivity index (χ1) is 16.1. The van der Waals surface area contributed by atoms with Crippen LogP contribution in [0.25, 0.3) is 0 Å². The number of pyridine rings is 2. The van der Waals surface area contributed by atoms with Crippen LogP contribution in [-0.4, -0.2) is 27.4 Å². The standard InChI is InChI=1S/C24H20FN5OS2/c25-20-17(32-19-14-28-23(33-19)30-18-8-4-5-12-26-18)9-13-27-21(20)22(31)29-15-24(10-11-24)16-6-2-1-3-7-16/h1-9,12-14H,10-11,15H2,(H,29,31)(H,26,28,30). The molecule has 6 nitrogen and oxygen atoms in total. The van der Waals surface area contributed by atoms with E-state index in [4.69, 9.17) is 0 Å². The number of amides is 1. The second-order valence-electron chi connectivity index (χ2n) is 7.73. The van der Waals surface area contributed by atoms with Crippen LogP contribution in [0.15, 0.2) is 82.3 Å². The molecule has 0 unspecified atom stereocenters. The summed E-state index contributed by atoms with van der Waals surface area (Å²) in [4.78, 5) is 25.6. The van der Waals surface area contributed by atoms with Crippen LogP contribution in [0.4, 0.5) is 15.3 Å². The zero-order chi connectivity index (χ0) is 22.7. The summed E-state index contributed by atoms with van der Waals surface area (Å²) < 4.78 is 15.9. The summed E-state index contributed by atoms with van der Waals surface area (Å²) in [5.74, 6) is -0.447. The number of hydrogen-bond acceptors (Lipinski definition) is 7. The molecule has 0 atom stereocenters. The molecule has 9 heteroatoms. The Labute approximate surface area is 198 Å². The summed E-state index contributed by atoms with van der Waals surface area (Å²) >= 11 is 2.59. The maximum Gasteiger partial charge on any atom is 0.273 e. The van der Waals surface area contributed by atoms with Crippen LogP contribution in [-0.2, 0) is 5.41 Å². The molecule has 3 heterocycles. The smallest absolute Gasteiger partial charge is 0.273 e. The molecular formula is C24H20FN5OS2. The Kier molecular flexibility index (Phi) is 6.06. The van der Waals surface area contributed by atoms with E-state index in [2.05, 4.69) is 37.7 Å². The second-order valence-corrected chi connectivity index (χ2v) is 10.1. The first-order valence-electron chi connectivity index (χ1n) is 10.4. The number of nitrogens with zero attached hydrogens (tertiary/aromatic N) is 3. The molecule has 1 amide bonds. The molecule has 1 aliphatic carbocycles. The number of benzene rings is 1. The predicted molar refractivity (Wildman–Crippen MR) is 128 cm³/mol. The Balaban J connectivity index is 1.25. The molecule has 0 spiro atoms. The molecule has 5 rings (SSSR count). The van der Waals surface area contributed by atoms with Gasteiger partial charge in [0.05, 0.1) is 15.3 Å². The van der Waals surface area contributed by atoms with Crippen LogP contribution in [0.2, 0.25) is 0 Å². The van der Waals surface area contributed by atoms with Crippen molar-refractivity contribution in [1.29, 1.82) is 0 Å². The van der Waals surface area contributed by atoms with Gasteiger partial charge >= 0.3 is 0 Å². The minimum atomic E-state index is -0.628. The van der Waals surface area contributed by atoms with Gasteiger partial charge in [-0.1, -0.05) is 59.5 Å². The van der Waals surface area contributed by atoms with Gasteiger partial charge in [0.1, 0.15) is 5.82 Å². The number of halogens is 1.